The number of carboxylic acids is 1. The van der Waals surface area contributed by atoms with Crippen molar-refractivity contribution >= 4 is 22.3 Å². The number of nitrogens with zero attached hydrogens (tertiary/aromatic N) is 1. The predicted octanol–water partition coefficient (Wildman–Crippen LogP) is 3.71. The van der Waals surface area contributed by atoms with Crippen LogP contribution in [0.15, 0.2) is 12.1 Å². The number of carboxylic acid groups (broad SMARTS) is 1. The monoisotopic (exact) mass is 255 g/mol. The molecule has 0 aliphatic rings. The smallest absolute Gasteiger partial charge is 0.345 e. The lowest BCUT2D eigenvalue weighted by atomic mass is 10.0. The van der Waals surface area contributed by atoms with Crippen molar-refractivity contribution in [3.8, 4) is 0 Å². The van der Waals surface area contributed by atoms with Crippen LogP contribution in [0.25, 0.3) is 0 Å². The summed E-state index contributed by atoms with van der Waals surface area (Å²) in [5, 5.41) is 9.99. The highest BCUT2D eigenvalue weighted by Gasteiger charge is 2.14. The molecule has 0 aliphatic carbocycles. The zero-order valence-corrected chi connectivity index (χ0v) is 11.6. The molecule has 0 atom stereocenters. The minimum Gasteiger partial charge on any atom is -0.477 e. The van der Waals surface area contributed by atoms with Gasteiger partial charge in [0.15, 0.2) is 0 Å². The van der Waals surface area contributed by atoms with Crippen LogP contribution in [0.5, 0.6) is 0 Å². The van der Waals surface area contributed by atoms with E-state index in [-0.39, 0.29) is 0 Å². The zero-order valence-electron chi connectivity index (χ0n) is 10.8. The van der Waals surface area contributed by atoms with E-state index in [1.807, 2.05) is 6.07 Å². The van der Waals surface area contributed by atoms with Gasteiger partial charge in [-0.15, -0.1) is 11.3 Å². The molecule has 0 aliphatic heterocycles. The van der Waals surface area contributed by atoms with Gasteiger partial charge < -0.3 is 10.0 Å². The maximum absolute atomic E-state index is 10.9. The fourth-order valence-electron chi connectivity index (χ4n) is 1.85. The predicted molar refractivity (Wildman–Crippen MR) is 73.2 cm³/mol. The van der Waals surface area contributed by atoms with Gasteiger partial charge in [0.25, 0.3) is 0 Å². The minimum absolute atomic E-state index is 0.419. The lowest BCUT2D eigenvalue weighted by molar-refractivity contribution is 0.0702. The topological polar surface area (TPSA) is 40.5 Å². The van der Waals surface area contributed by atoms with Gasteiger partial charge in [-0.2, -0.15) is 0 Å². The number of anilines is 1. The summed E-state index contributed by atoms with van der Waals surface area (Å²) in [4.78, 5) is 13.5. The molecule has 0 spiro atoms. The van der Waals surface area contributed by atoms with Crippen molar-refractivity contribution in [3.63, 3.8) is 0 Å². The zero-order chi connectivity index (χ0) is 12.8. The lowest BCUT2D eigenvalue weighted by Crippen LogP contribution is -2.28. The summed E-state index contributed by atoms with van der Waals surface area (Å²) < 4.78 is 0. The molecule has 0 aromatic carbocycles. The molecule has 0 amide bonds. The van der Waals surface area contributed by atoms with E-state index in [1.165, 1.54) is 24.2 Å². The Morgan fingerprint density at radius 2 is 2.00 bits per heavy atom. The molecule has 96 valence electrons. The average Bonchev–Trinajstić information content (AvgIpc) is 2.80. The van der Waals surface area contributed by atoms with Gasteiger partial charge >= 0.3 is 5.97 Å². The Labute approximate surface area is 107 Å². The number of carbonyl (C=O) groups is 1. The molecule has 1 aromatic heterocycles. The summed E-state index contributed by atoms with van der Waals surface area (Å²) in [5.41, 5.74) is 0. The molecule has 0 radical (unpaired) electrons. The second-order valence-corrected chi connectivity index (χ2v) is 5.23. The molecule has 1 rings (SSSR count). The number of hydrogen-bond donors (Lipinski definition) is 1. The van der Waals surface area contributed by atoms with Gasteiger partial charge in [0, 0.05) is 13.1 Å². The molecule has 0 fully saturated rings. The molecule has 1 N–H and O–H groups in total. The van der Waals surface area contributed by atoms with Crippen molar-refractivity contribution in [1.29, 1.82) is 0 Å². The maximum Gasteiger partial charge on any atom is 0.345 e. The van der Waals surface area contributed by atoms with Gasteiger partial charge in [-0.1, -0.05) is 26.7 Å². The number of thiophene rings is 1. The number of hydrogen-bond acceptors (Lipinski definition) is 3. The summed E-state index contributed by atoms with van der Waals surface area (Å²) in [6.45, 7) is 8.47. The van der Waals surface area contributed by atoms with Crippen molar-refractivity contribution in [1.82, 2.24) is 0 Å². The van der Waals surface area contributed by atoms with Crippen LogP contribution in [-0.4, -0.2) is 24.2 Å². The summed E-state index contributed by atoms with van der Waals surface area (Å²) in [5.74, 6) is -0.148. The lowest BCUT2D eigenvalue weighted by Gasteiger charge is -2.25. The third-order valence-corrected chi connectivity index (χ3v) is 4.26. The van der Waals surface area contributed by atoms with E-state index in [0.29, 0.717) is 10.8 Å². The van der Waals surface area contributed by atoms with E-state index in [0.717, 1.165) is 18.1 Å². The van der Waals surface area contributed by atoms with E-state index in [4.69, 9.17) is 5.11 Å². The summed E-state index contributed by atoms with van der Waals surface area (Å²) in [6, 6.07) is 3.61. The molecule has 0 saturated carbocycles. The first-order chi connectivity index (χ1) is 8.12. The Morgan fingerprint density at radius 3 is 2.41 bits per heavy atom. The van der Waals surface area contributed by atoms with Crippen LogP contribution in [0.3, 0.4) is 0 Å². The van der Waals surface area contributed by atoms with Gasteiger partial charge in [-0.05, 0) is 25.0 Å². The fraction of sp³-hybridized carbons (Fsp3) is 0.615. The standard InChI is InChI=1S/C13H21NO2S/c1-4-10(5-2)9-14(6-3)12-8-7-11(17-12)13(15)16/h7-8,10H,4-6,9H2,1-3H3,(H,15,16). The third kappa shape index (κ3) is 3.73. The first-order valence-corrected chi connectivity index (χ1v) is 7.02. The quantitative estimate of drug-likeness (QED) is 0.807. The van der Waals surface area contributed by atoms with E-state index >= 15 is 0 Å². The van der Waals surface area contributed by atoms with Gasteiger partial charge in [-0.25, -0.2) is 4.79 Å². The highest BCUT2D eigenvalue weighted by molar-refractivity contribution is 7.17. The van der Waals surface area contributed by atoms with E-state index in [1.54, 1.807) is 6.07 Å². The van der Waals surface area contributed by atoms with Crippen LogP contribution in [0, 0.1) is 5.92 Å². The molecule has 3 nitrogen and oxygen atoms in total. The fourth-order valence-corrected chi connectivity index (χ4v) is 2.76. The van der Waals surface area contributed by atoms with Crippen LogP contribution >= 0.6 is 11.3 Å². The van der Waals surface area contributed by atoms with Gasteiger partial charge in [0.05, 0.1) is 5.00 Å². The molecule has 4 heteroatoms. The molecular formula is C13H21NO2S. The van der Waals surface area contributed by atoms with Crippen molar-refractivity contribution in [2.45, 2.75) is 33.6 Å². The Bertz CT molecular complexity index is 358. The molecule has 0 unspecified atom stereocenters. The third-order valence-electron chi connectivity index (χ3n) is 3.13. The molecular weight excluding hydrogens is 234 g/mol. The molecule has 0 saturated heterocycles. The van der Waals surface area contributed by atoms with Crippen LogP contribution in [0.4, 0.5) is 5.00 Å². The van der Waals surface area contributed by atoms with Crippen molar-refractivity contribution in [2.24, 2.45) is 5.92 Å². The van der Waals surface area contributed by atoms with E-state index < -0.39 is 5.97 Å². The number of rotatable bonds is 7. The second kappa shape index (κ2) is 6.64. The Balaban J connectivity index is 2.75. The summed E-state index contributed by atoms with van der Waals surface area (Å²) in [6.07, 6.45) is 2.34. The van der Waals surface area contributed by atoms with Crippen LogP contribution in [-0.2, 0) is 0 Å². The summed E-state index contributed by atoms with van der Waals surface area (Å²) in [7, 11) is 0. The van der Waals surface area contributed by atoms with Crippen LogP contribution < -0.4 is 4.90 Å². The van der Waals surface area contributed by atoms with E-state index in [9.17, 15) is 4.79 Å². The Kier molecular flexibility index (Phi) is 5.48. The normalized spacial score (nSPS) is 10.8. The van der Waals surface area contributed by atoms with Crippen LogP contribution in [0.1, 0.15) is 43.3 Å². The highest BCUT2D eigenvalue weighted by Crippen LogP contribution is 2.27. The highest BCUT2D eigenvalue weighted by atomic mass is 32.1. The van der Waals surface area contributed by atoms with Crippen molar-refractivity contribution in [3.05, 3.63) is 17.0 Å². The minimum atomic E-state index is -0.833. The molecule has 0 bridgehead atoms. The van der Waals surface area contributed by atoms with Crippen LogP contribution in [0.2, 0.25) is 0 Å². The Hall–Kier alpha value is -1.03. The van der Waals surface area contributed by atoms with Gasteiger partial charge in [0.1, 0.15) is 4.88 Å². The maximum atomic E-state index is 10.9. The molecule has 17 heavy (non-hydrogen) atoms. The average molecular weight is 255 g/mol. The van der Waals surface area contributed by atoms with Crippen molar-refractivity contribution in [2.75, 3.05) is 18.0 Å². The second-order valence-electron chi connectivity index (χ2n) is 4.16. The van der Waals surface area contributed by atoms with Gasteiger partial charge in [0.2, 0.25) is 0 Å². The largest absolute Gasteiger partial charge is 0.477 e. The first kappa shape index (κ1) is 14.0. The number of aromatic carboxylic acids is 1. The molecule has 1 aromatic rings. The summed E-state index contributed by atoms with van der Waals surface area (Å²) >= 11 is 1.36. The van der Waals surface area contributed by atoms with Gasteiger partial charge in [-0.3, -0.25) is 0 Å². The van der Waals surface area contributed by atoms with Crippen molar-refractivity contribution < 1.29 is 9.90 Å². The molecule has 1 heterocycles. The first-order valence-electron chi connectivity index (χ1n) is 6.20. The Morgan fingerprint density at radius 1 is 1.35 bits per heavy atom. The SMILES string of the molecule is CCC(CC)CN(CC)c1ccc(C(=O)O)s1. The van der Waals surface area contributed by atoms with E-state index in [2.05, 4.69) is 25.7 Å².